The Morgan fingerprint density at radius 1 is 1.25 bits per heavy atom. The summed E-state index contributed by atoms with van der Waals surface area (Å²) >= 11 is 5.88. The molecule has 1 amide bonds. The van der Waals surface area contributed by atoms with Gasteiger partial charge in [0.1, 0.15) is 0 Å². The minimum Gasteiger partial charge on any atom is -0.481 e. The van der Waals surface area contributed by atoms with Crippen LogP contribution in [0.15, 0.2) is 24.3 Å². The van der Waals surface area contributed by atoms with Gasteiger partial charge < -0.3 is 10.4 Å². The van der Waals surface area contributed by atoms with E-state index in [4.69, 9.17) is 11.6 Å². The van der Waals surface area contributed by atoms with Crippen LogP contribution in [-0.2, 0) is 16.1 Å². The Labute approximate surface area is 123 Å². The minimum absolute atomic E-state index is 0.169. The second-order valence-corrected chi connectivity index (χ2v) is 5.62. The fraction of sp³-hybridized carbons (Fsp3) is 0.467. The highest BCUT2D eigenvalue weighted by Gasteiger charge is 2.35. The van der Waals surface area contributed by atoms with Crippen molar-refractivity contribution in [3.8, 4) is 0 Å². The molecule has 0 aromatic heterocycles. The number of carbonyl (C=O) groups is 2. The molecular formula is C15H18ClNO3. The molecule has 0 aliphatic heterocycles. The molecule has 20 heavy (non-hydrogen) atoms. The van der Waals surface area contributed by atoms with Crippen LogP contribution in [0.25, 0.3) is 0 Å². The summed E-state index contributed by atoms with van der Waals surface area (Å²) in [6, 6.07) is 7.26. The van der Waals surface area contributed by atoms with Crippen LogP contribution in [0.4, 0.5) is 0 Å². The first kappa shape index (κ1) is 14.9. The number of hydrogen-bond donors (Lipinski definition) is 2. The molecule has 1 fully saturated rings. The maximum absolute atomic E-state index is 12.2. The smallest absolute Gasteiger partial charge is 0.307 e. The summed E-state index contributed by atoms with van der Waals surface area (Å²) in [6.45, 7) is 0.377. The topological polar surface area (TPSA) is 66.4 Å². The van der Waals surface area contributed by atoms with E-state index in [0.717, 1.165) is 18.4 Å². The van der Waals surface area contributed by atoms with Gasteiger partial charge in [0.25, 0.3) is 0 Å². The first-order chi connectivity index (χ1) is 9.58. The molecular weight excluding hydrogens is 278 g/mol. The zero-order valence-electron chi connectivity index (χ0n) is 11.1. The van der Waals surface area contributed by atoms with Crippen LogP contribution in [0.2, 0.25) is 5.02 Å². The maximum atomic E-state index is 12.2. The fourth-order valence-corrected chi connectivity index (χ4v) is 2.92. The molecule has 0 spiro atoms. The van der Waals surface area contributed by atoms with Gasteiger partial charge in [-0.1, -0.05) is 36.6 Å². The van der Waals surface area contributed by atoms with Gasteiger partial charge in [0.05, 0.1) is 11.8 Å². The number of hydrogen-bond acceptors (Lipinski definition) is 2. The average Bonchev–Trinajstić information content (AvgIpc) is 2.45. The van der Waals surface area contributed by atoms with Crippen molar-refractivity contribution in [2.45, 2.75) is 32.2 Å². The molecule has 1 aliphatic rings. The van der Waals surface area contributed by atoms with E-state index in [-0.39, 0.29) is 5.91 Å². The van der Waals surface area contributed by atoms with E-state index in [1.807, 2.05) is 12.1 Å². The van der Waals surface area contributed by atoms with Crippen molar-refractivity contribution in [1.29, 1.82) is 0 Å². The standard InChI is InChI=1S/C15H18ClNO3/c16-11-5-3-4-10(8-11)9-17-14(18)12-6-1-2-7-13(12)15(19)20/h3-5,8,12-13H,1-2,6-7,9H2,(H,17,18)(H,19,20)/t12-,13-/m1/s1. The zero-order chi connectivity index (χ0) is 14.5. The number of nitrogens with one attached hydrogen (secondary N) is 1. The molecule has 5 heteroatoms. The number of carboxylic acid groups (broad SMARTS) is 1. The Kier molecular flexibility index (Phi) is 5.01. The van der Waals surface area contributed by atoms with Gasteiger partial charge in [-0.25, -0.2) is 0 Å². The van der Waals surface area contributed by atoms with Crippen molar-refractivity contribution >= 4 is 23.5 Å². The van der Waals surface area contributed by atoms with Crippen LogP contribution in [-0.4, -0.2) is 17.0 Å². The molecule has 4 nitrogen and oxygen atoms in total. The Balaban J connectivity index is 1.95. The fourth-order valence-electron chi connectivity index (χ4n) is 2.71. The molecule has 1 aliphatic carbocycles. The third-order valence-corrected chi connectivity index (χ3v) is 4.01. The molecule has 0 bridgehead atoms. The monoisotopic (exact) mass is 295 g/mol. The van der Waals surface area contributed by atoms with Crippen LogP contribution < -0.4 is 5.32 Å². The molecule has 2 N–H and O–H groups in total. The number of halogens is 1. The molecule has 2 rings (SSSR count). The van der Waals surface area contributed by atoms with E-state index in [0.29, 0.717) is 24.4 Å². The van der Waals surface area contributed by atoms with Gasteiger partial charge in [-0.05, 0) is 30.5 Å². The van der Waals surface area contributed by atoms with Gasteiger partial charge in [0.15, 0.2) is 0 Å². The largest absolute Gasteiger partial charge is 0.481 e. The second kappa shape index (κ2) is 6.75. The molecule has 0 radical (unpaired) electrons. The Hall–Kier alpha value is -1.55. The van der Waals surface area contributed by atoms with Crippen molar-refractivity contribution in [2.24, 2.45) is 11.8 Å². The summed E-state index contributed by atoms with van der Waals surface area (Å²) in [5.74, 6) is -2.01. The summed E-state index contributed by atoms with van der Waals surface area (Å²) in [6.07, 6.45) is 3.04. The highest BCUT2D eigenvalue weighted by molar-refractivity contribution is 6.30. The summed E-state index contributed by atoms with van der Waals surface area (Å²) in [5.41, 5.74) is 0.911. The molecule has 1 aromatic carbocycles. The quantitative estimate of drug-likeness (QED) is 0.897. The van der Waals surface area contributed by atoms with Gasteiger partial charge in [-0.3, -0.25) is 9.59 Å². The van der Waals surface area contributed by atoms with Gasteiger partial charge in [-0.15, -0.1) is 0 Å². The van der Waals surface area contributed by atoms with E-state index >= 15 is 0 Å². The number of benzene rings is 1. The van der Waals surface area contributed by atoms with Crippen molar-refractivity contribution < 1.29 is 14.7 Å². The molecule has 0 unspecified atom stereocenters. The highest BCUT2D eigenvalue weighted by atomic mass is 35.5. The van der Waals surface area contributed by atoms with E-state index in [2.05, 4.69) is 5.32 Å². The lowest BCUT2D eigenvalue weighted by atomic mass is 9.78. The second-order valence-electron chi connectivity index (χ2n) is 5.18. The van der Waals surface area contributed by atoms with Crippen LogP contribution in [0.3, 0.4) is 0 Å². The third-order valence-electron chi connectivity index (χ3n) is 3.78. The summed E-state index contributed by atoms with van der Waals surface area (Å²) < 4.78 is 0. The van der Waals surface area contributed by atoms with Gasteiger partial charge in [0.2, 0.25) is 5.91 Å². The molecule has 108 valence electrons. The van der Waals surface area contributed by atoms with E-state index in [1.54, 1.807) is 12.1 Å². The predicted molar refractivity (Wildman–Crippen MR) is 76.4 cm³/mol. The number of aliphatic carboxylic acids is 1. The lowest BCUT2D eigenvalue weighted by Gasteiger charge is -2.27. The normalized spacial score (nSPS) is 22.2. The van der Waals surface area contributed by atoms with Crippen molar-refractivity contribution in [2.75, 3.05) is 0 Å². The average molecular weight is 296 g/mol. The van der Waals surface area contributed by atoms with Crippen LogP contribution in [0.1, 0.15) is 31.2 Å². The first-order valence-electron chi connectivity index (χ1n) is 6.83. The number of carbonyl (C=O) groups excluding carboxylic acids is 1. The van der Waals surface area contributed by atoms with E-state index < -0.39 is 17.8 Å². The van der Waals surface area contributed by atoms with Crippen LogP contribution in [0.5, 0.6) is 0 Å². The highest BCUT2D eigenvalue weighted by Crippen LogP contribution is 2.30. The minimum atomic E-state index is -0.868. The van der Waals surface area contributed by atoms with Crippen molar-refractivity contribution in [3.63, 3.8) is 0 Å². The van der Waals surface area contributed by atoms with Crippen LogP contribution >= 0.6 is 11.6 Å². The number of carboxylic acids is 1. The van der Waals surface area contributed by atoms with Crippen molar-refractivity contribution in [1.82, 2.24) is 5.32 Å². The lowest BCUT2D eigenvalue weighted by Crippen LogP contribution is -2.39. The Morgan fingerprint density at radius 3 is 2.60 bits per heavy atom. The molecule has 0 saturated heterocycles. The number of amides is 1. The predicted octanol–water partition coefficient (Wildman–Crippen LogP) is 2.85. The zero-order valence-corrected chi connectivity index (χ0v) is 11.9. The molecule has 1 aromatic rings. The van der Waals surface area contributed by atoms with Crippen LogP contribution in [0, 0.1) is 11.8 Å². The summed E-state index contributed by atoms with van der Waals surface area (Å²) in [7, 11) is 0. The van der Waals surface area contributed by atoms with E-state index in [1.165, 1.54) is 0 Å². The van der Waals surface area contributed by atoms with E-state index in [9.17, 15) is 14.7 Å². The van der Waals surface area contributed by atoms with Gasteiger partial charge >= 0.3 is 5.97 Å². The first-order valence-corrected chi connectivity index (χ1v) is 7.20. The number of rotatable bonds is 4. The lowest BCUT2D eigenvalue weighted by molar-refractivity contribution is -0.148. The van der Waals surface area contributed by atoms with Gasteiger partial charge in [0, 0.05) is 11.6 Å². The Bertz CT molecular complexity index is 504. The maximum Gasteiger partial charge on any atom is 0.307 e. The summed E-state index contributed by atoms with van der Waals surface area (Å²) in [5, 5.41) is 12.6. The summed E-state index contributed by atoms with van der Waals surface area (Å²) in [4.78, 5) is 23.4. The third kappa shape index (κ3) is 3.73. The molecule has 2 atom stereocenters. The Morgan fingerprint density at radius 2 is 1.95 bits per heavy atom. The molecule has 1 saturated carbocycles. The SMILES string of the molecule is O=C(O)[C@@H]1CCCC[C@H]1C(=O)NCc1cccc(Cl)c1. The molecule has 0 heterocycles. The van der Waals surface area contributed by atoms with Crippen molar-refractivity contribution in [3.05, 3.63) is 34.9 Å². The van der Waals surface area contributed by atoms with Gasteiger partial charge in [-0.2, -0.15) is 0 Å².